The van der Waals surface area contributed by atoms with E-state index in [1.54, 1.807) is 0 Å². The summed E-state index contributed by atoms with van der Waals surface area (Å²) >= 11 is 0. The summed E-state index contributed by atoms with van der Waals surface area (Å²) in [5, 5.41) is 2.99. The van der Waals surface area contributed by atoms with Gasteiger partial charge in [0.05, 0.1) is 6.04 Å². The molecule has 1 fully saturated rings. The molecule has 0 bridgehead atoms. The van der Waals surface area contributed by atoms with Gasteiger partial charge < -0.3 is 19.5 Å². The van der Waals surface area contributed by atoms with Crippen LogP contribution in [0.5, 0.6) is 0 Å². The molecular weight excluding hydrogens is 242 g/mol. The summed E-state index contributed by atoms with van der Waals surface area (Å²) in [6.07, 6.45) is -1.21. The minimum atomic E-state index is -0.647. The van der Waals surface area contributed by atoms with E-state index in [1.165, 1.54) is 20.8 Å². The Morgan fingerprint density at radius 1 is 1.06 bits per heavy atom. The van der Waals surface area contributed by atoms with E-state index < -0.39 is 30.1 Å². The molecule has 1 heterocycles. The third-order valence-corrected chi connectivity index (χ3v) is 2.43. The highest BCUT2D eigenvalue weighted by molar-refractivity contribution is 5.68. The summed E-state index contributed by atoms with van der Waals surface area (Å²) in [7, 11) is 0. The smallest absolute Gasteiger partial charge is 0.303 e. The second kappa shape index (κ2) is 6.34. The molecule has 0 radical (unpaired) electrons. The molecule has 0 spiro atoms. The molecule has 7 nitrogen and oxygen atoms in total. The minimum absolute atomic E-state index is 0.0606. The Hall–Kier alpha value is -1.63. The van der Waals surface area contributed by atoms with Crippen molar-refractivity contribution in [3.63, 3.8) is 0 Å². The molecule has 0 aromatic carbocycles. The fraction of sp³-hybridized carbons (Fsp3) is 0.727. The van der Waals surface area contributed by atoms with E-state index >= 15 is 0 Å². The summed E-state index contributed by atoms with van der Waals surface area (Å²) < 4.78 is 15.0. The molecule has 7 heteroatoms. The van der Waals surface area contributed by atoms with Crippen LogP contribution in [-0.2, 0) is 28.6 Å². The lowest BCUT2D eigenvalue weighted by Gasteiger charge is -2.22. The Balaban J connectivity index is 2.63. The van der Waals surface area contributed by atoms with Crippen molar-refractivity contribution in [3.8, 4) is 0 Å². The van der Waals surface area contributed by atoms with Gasteiger partial charge in [0.15, 0.2) is 12.2 Å². The van der Waals surface area contributed by atoms with Crippen LogP contribution in [0.4, 0.5) is 0 Å². The van der Waals surface area contributed by atoms with Crippen LogP contribution in [0.15, 0.2) is 0 Å². The molecule has 3 unspecified atom stereocenters. The van der Waals surface area contributed by atoms with Gasteiger partial charge in [-0.3, -0.25) is 14.4 Å². The van der Waals surface area contributed by atoms with Crippen LogP contribution < -0.4 is 5.32 Å². The van der Waals surface area contributed by atoms with E-state index in [1.807, 2.05) is 0 Å². The third kappa shape index (κ3) is 4.33. The van der Waals surface area contributed by atoms with E-state index in [9.17, 15) is 14.4 Å². The molecule has 3 atom stereocenters. The zero-order valence-corrected chi connectivity index (χ0v) is 10.6. The van der Waals surface area contributed by atoms with Crippen LogP contribution in [0.25, 0.3) is 0 Å². The average molecular weight is 259 g/mol. The van der Waals surface area contributed by atoms with Gasteiger partial charge in [0.1, 0.15) is 6.61 Å². The van der Waals surface area contributed by atoms with Gasteiger partial charge in [-0.2, -0.15) is 0 Å². The number of nitrogens with one attached hydrogen (secondary N) is 1. The fourth-order valence-electron chi connectivity index (χ4n) is 1.79. The second-order valence-corrected chi connectivity index (χ2v) is 4.04. The van der Waals surface area contributed by atoms with Gasteiger partial charge in [-0.25, -0.2) is 0 Å². The highest BCUT2D eigenvalue weighted by Gasteiger charge is 2.41. The molecule has 1 aliphatic rings. The van der Waals surface area contributed by atoms with Gasteiger partial charge in [-0.15, -0.1) is 0 Å². The number of carbonyl (C=O) groups is 3. The standard InChI is InChI=1S/C11H17NO6/c1-6(13)16-5-9-11(18-8(3)15)10(4-12-9)17-7(2)14/h9-12H,4-5H2,1-3H3. The molecule has 18 heavy (non-hydrogen) atoms. The van der Waals surface area contributed by atoms with Crippen molar-refractivity contribution in [3.05, 3.63) is 0 Å². The van der Waals surface area contributed by atoms with E-state index in [0.29, 0.717) is 6.54 Å². The maximum absolute atomic E-state index is 11.0. The van der Waals surface area contributed by atoms with Crippen molar-refractivity contribution in [2.24, 2.45) is 0 Å². The molecular formula is C11H17NO6. The quantitative estimate of drug-likeness (QED) is 0.531. The van der Waals surface area contributed by atoms with E-state index in [4.69, 9.17) is 14.2 Å². The second-order valence-electron chi connectivity index (χ2n) is 4.04. The predicted molar refractivity (Wildman–Crippen MR) is 59.5 cm³/mol. The summed E-state index contributed by atoms with van der Waals surface area (Å²) in [4.78, 5) is 32.7. The summed E-state index contributed by atoms with van der Waals surface area (Å²) in [6, 6.07) is -0.373. The molecule has 1 saturated heterocycles. The van der Waals surface area contributed by atoms with Crippen LogP contribution in [0, 0.1) is 0 Å². The Bertz CT molecular complexity index is 342. The van der Waals surface area contributed by atoms with Crippen LogP contribution in [-0.4, -0.2) is 49.3 Å². The maximum Gasteiger partial charge on any atom is 0.303 e. The molecule has 0 aromatic heterocycles. The molecule has 0 amide bonds. The van der Waals surface area contributed by atoms with E-state index in [-0.39, 0.29) is 12.6 Å². The lowest BCUT2D eigenvalue weighted by atomic mass is 10.1. The monoisotopic (exact) mass is 259 g/mol. The molecule has 0 aromatic rings. The first-order valence-electron chi connectivity index (χ1n) is 5.61. The first-order valence-corrected chi connectivity index (χ1v) is 5.61. The predicted octanol–water partition coefficient (Wildman–Crippen LogP) is -0.615. The highest BCUT2D eigenvalue weighted by Crippen LogP contribution is 2.16. The Morgan fingerprint density at radius 2 is 1.67 bits per heavy atom. The summed E-state index contributed by atoms with van der Waals surface area (Å²) in [5.41, 5.74) is 0. The van der Waals surface area contributed by atoms with Crippen LogP contribution >= 0.6 is 0 Å². The van der Waals surface area contributed by atoms with Gasteiger partial charge in [-0.05, 0) is 0 Å². The highest BCUT2D eigenvalue weighted by atomic mass is 16.6. The largest absolute Gasteiger partial charge is 0.464 e. The van der Waals surface area contributed by atoms with Gasteiger partial charge in [0, 0.05) is 27.3 Å². The zero-order valence-electron chi connectivity index (χ0n) is 10.6. The van der Waals surface area contributed by atoms with Crippen molar-refractivity contribution in [1.29, 1.82) is 0 Å². The van der Waals surface area contributed by atoms with Crippen molar-refractivity contribution in [2.45, 2.75) is 39.0 Å². The zero-order chi connectivity index (χ0) is 13.7. The summed E-state index contributed by atoms with van der Waals surface area (Å²) in [6.45, 7) is 4.25. The fourth-order valence-corrected chi connectivity index (χ4v) is 1.79. The number of hydrogen-bond acceptors (Lipinski definition) is 7. The third-order valence-electron chi connectivity index (χ3n) is 2.43. The molecule has 0 saturated carbocycles. The van der Waals surface area contributed by atoms with Crippen molar-refractivity contribution in [1.82, 2.24) is 5.32 Å². The number of carbonyl (C=O) groups excluding carboxylic acids is 3. The molecule has 1 aliphatic heterocycles. The van der Waals surface area contributed by atoms with Gasteiger partial charge in [0.25, 0.3) is 0 Å². The van der Waals surface area contributed by atoms with Crippen LogP contribution in [0.2, 0.25) is 0 Å². The number of esters is 3. The van der Waals surface area contributed by atoms with E-state index in [2.05, 4.69) is 5.32 Å². The Labute approximate surface area is 105 Å². The van der Waals surface area contributed by atoms with Crippen molar-refractivity contribution < 1.29 is 28.6 Å². The van der Waals surface area contributed by atoms with Crippen LogP contribution in [0.3, 0.4) is 0 Å². The van der Waals surface area contributed by atoms with Crippen LogP contribution in [0.1, 0.15) is 20.8 Å². The molecule has 1 N–H and O–H groups in total. The average Bonchev–Trinajstić information content (AvgIpc) is 2.57. The number of hydrogen-bond donors (Lipinski definition) is 1. The van der Waals surface area contributed by atoms with Gasteiger partial charge in [-0.1, -0.05) is 0 Å². The molecule has 102 valence electrons. The molecule has 0 aliphatic carbocycles. The minimum Gasteiger partial charge on any atom is -0.464 e. The first kappa shape index (κ1) is 14.4. The number of rotatable bonds is 4. The number of ether oxygens (including phenoxy) is 3. The Kier molecular flexibility index (Phi) is 5.08. The Morgan fingerprint density at radius 3 is 2.17 bits per heavy atom. The normalized spacial score (nSPS) is 26.5. The molecule has 1 rings (SSSR count). The van der Waals surface area contributed by atoms with E-state index in [0.717, 1.165) is 0 Å². The summed E-state index contributed by atoms with van der Waals surface area (Å²) in [5.74, 6) is -1.35. The SMILES string of the molecule is CC(=O)OCC1NCC(OC(C)=O)C1OC(C)=O. The lowest BCUT2D eigenvalue weighted by Crippen LogP contribution is -2.41. The van der Waals surface area contributed by atoms with Crippen molar-refractivity contribution in [2.75, 3.05) is 13.2 Å². The van der Waals surface area contributed by atoms with Crippen molar-refractivity contribution >= 4 is 17.9 Å². The maximum atomic E-state index is 11.0. The van der Waals surface area contributed by atoms with Gasteiger partial charge in [0.2, 0.25) is 0 Å². The van der Waals surface area contributed by atoms with Gasteiger partial charge >= 0.3 is 17.9 Å². The topological polar surface area (TPSA) is 90.9 Å². The first-order chi connectivity index (χ1) is 8.40. The lowest BCUT2D eigenvalue weighted by molar-refractivity contribution is -0.164.